The summed E-state index contributed by atoms with van der Waals surface area (Å²) in [6.07, 6.45) is 4.27. The largest absolute Gasteiger partial charge is 0.497 e. The number of hydrogen-bond acceptors (Lipinski definition) is 4. The minimum Gasteiger partial charge on any atom is -0.497 e. The first kappa shape index (κ1) is 20.3. The second-order valence-electron chi connectivity index (χ2n) is 7.96. The fraction of sp³-hybridized carbons (Fsp3) is 0.417. The maximum Gasteiger partial charge on any atom is 0.230 e. The number of anilines is 2. The number of para-hydroxylation sites is 1. The maximum atomic E-state index is 13.4. The average Bonchev–Trinajstić information content (AvgIpc) is 3.22. The molecule has 0 radical (unpaired) electrons. The first-order valence-corrected chi connectivity index (χ1v) is 10.5. The first-order chi connectivity index (χ1) is 14.6. The zero-order chi connectivity index (χ0) is 21.1. The quantitative estimate of drug-likeness (QED) is 0.811. The molecular formula is C24H28N2O4. The molecule has 1 heterocycles. The summed E-state index contributed by atoms with van der Waals surface area (Å²) >= 11 is 0. The van der Waals surface area contributed by atoms with E-state index in [0.29, 0.717) is 23.7 Å². The van der Waals surface area contributed by atoms with E-state index in [2.05, 4.69) is 11.4 Å². The number of hydrogen-bond donors (Lipinski definition) is 1. The maximum absolute atomic E-state index is 13.4. The number of fused-ring (bicyclic) bond motifs is 1. The Morgan fingerprint density at radius 3 is 2.33 bits per heavy atom. The van der Waals surface area contributed by atoms with Gasteiger partial charge in [-0.1, -0.05) is 31.0 Å². The molecule has 1 aliphatic heterocycles. The topological polar surface area (TPSA) is 67.9 Å². The van der Waals surface area contributed by atoms with Gasteiger partial charge in [-0.25, -0.2) is 0 Å². The van der Waals surface area contributed by atoms with Crippen LogP contribution in [0.15, 0.2) is 42.5 Å². The fourth-order valence-electron chi connectivity index (χ4n) is 4.62. The molecule has 1 aliphatic carbocycles. The van der Waals surface area contributed by atoms with E-state index in [9.17, 15) is 9.59 Å². The Hall–Kier alpha value is -3.02. The van der Waals surface area contributed by atoms with Gasteiger partial charge in [0, 0.05) is 42.0 Å². The van der Waals surface area contributed by atoms with Crippen molar-refractivity contribution in [2.75, 3.05) is 31.0 Å². The van der Waals surface area contributed by atoms with E-state index >= 15 is 0 Å². The number of carbonyl (C=O) groups is 2. The summed E-state index contributed by atoms with van der Waals surface area (Å²) in [5, 5.41) is 2.99. The normalized spacial score (nSPS) is 20.4. The molecular weight excluding hydrogens is 380 g/mol. The highest BCUT2D eigenvalue weighted by atomic mass is 16.5. The Balaban J connectivity index is 1.53. The lowest BCUT2D eigenvalue weighted by Gasteiger charge is -2.32. The summed E-state index contributed by atoms with van der Waals surface area (Å²) < 4.78 is 10.6. The second kappa shape index (κ2) is 8.78. The molecule has 0 bridgehead atoms. The van der Waals surface area contributed by atoms with E-state index in [4.69, 9.17) is 9.47 Å². The molecule has 1 fully saturated rings. The van der Waals surface area contributed by atoms with Crippen LogP contribution in [0.4, 0.5) is 11.4 Å². The van der Waals surface area contributed by atoms with Crippen molar-refractivity contribution < 1.29 is 19.1 Å². The number of ether oxygens (including phenoxy) is 2. The summed E-state index contributed by atoms with van der Waals surface area (Å²) in [5.74, 6) is 0.539. The van der Waals surface area contributed by atoms with Gasteiger partial charge in [0.15, 0.2) is 0 Å². The summed E-state index contributed by atoms with van der Waals surface area (Å²) in [6.45, 7) is 0.691. The van der Waals surface area contributed by atoms with E-state index in [1.807, 2.05) is 23.1 Å². The van der Waals surface area contributed by atoms with Gasteiger partial charge in [0.25, 0.3) is 0 Å². The van der Waals surface area contributed by atoms with Gasteiger partial charge in [-0.05, 0) is 30.9 Å². The third-order valence-electron chi connectivity index (χ3n) is 6.19. The third-order valence-corrected chi connectivity index (χ3v) is 6.19. The van der Waals surface area contributed by atoms with Gasteiger partial charge in [0.05, 0.1) is 20.1 Å². The minimum absolute atomic E-state index is 0.0722. The van der Waals surface area contributed by atoms with E-state index < -0.39 is 0 Å². The Kier molecular flexibility index (Phi) is 5.93. The van der Waals surface area contributed by atoms with Gasteiger partial charge in [0.1, 0.15) is 11.5 Å². The Bertz CT molecular complexity index is 920. The highest BCUT2D eigenvalue weighted by Gasteiger charge is 2.39. The van der Waals surface area contributed by atoms with Crippen LogP contribution in [0.3, 0.4) is 0 Å². The van der Waals surface area contributed by atoms with E-state index in [0.717, 1.165) is 37.8 Å². The summed E-state index contributed by atoms with van der Waals surface area (Å²) in [6, 6.07) is 13.3. The van der Waals surface area contributed by atoms with Gasteiger partial charge < -0.3 is 19.7 Å². The van der Waals surface area contributed by atoms with Crippen molar-refractivity contribution in [3.63, 3.8) is 0 Å². The molecule has 0 saturated heterocycles. The number of amides is 2. The van der Waals surface area contributed by atoms with Crippen LogP contribution in [0.25, 0.3) is 0 Å². The van der Waals surface area contributed by atoms with Crippen LogP contribution in [0.5, 0.6) is 11.5 Å². The Morgan fingerprint density at radius 2 is 1.63 bits per heavy atom. The first-order valence-electron chi connectivity index (χ1n) is 10.5. The molecule has 2 atom stereocenters. The van der Waals surface area contributed by atoms with E-state index in [1.165, 1.54) is 5.56 Å². The van der Waals surface area contributed by atoms with Crippen molar-refractivity contribution in [1.82, 2.24) is 0 Å². The monoisotopic (exact) mass is 408 g/mol. The summed E-state index contributed by atoms with van der Waals surface area (Å²) in [7, 11) is 3.15. The molecule has 4 rings (SSSR count). The van der Waals surface area contributed by atoms with Crippen LogP contribution in [-0.2, 0) is 16.0 Å². The molecule has 158 valence electrons. The highest BCUT2D eigenvalue weighted by molar-refractivity contribution is 6.02. The van der Waals surface area contributed by atoms with Crippen molar-refractivity contribution in [2.45, 2.75) is 32.1 Å². The lowest BCUT2D eigenvalue weighted by molar-refractivity contribution is -0.132. The van der Waals surface area contributed by atoms with E-state index in [1.54, 1.807) is 32.4 Å². The molecule has 0 spiro atoms. The van der Waals surface area contributed by atoms with Crippen LogP contribution in [-0.4, -0.2) is 32.6 Å². The molecule has 6 heteroatoms. The van der Waals surface area contributed by atoms with Crippen molar-refractivity contribution in [2.24, 2.45) is 11.8 Å². The van der Waals surface area contributed by atoms with Gasteiger partial charge in [-0.2, -0.15) is 0 Å². The van der Waals surface area contributed by atoms with Crippen LogP contribution < -0.4 is 19.7 Å². The molecule has 2 aliphatic rings. The zero-order valence-electron chi connectivity index (χ0n) is 17.5. The van der Waals surface area contributed by atoms with Crippen molar-refractivity contribution in [3.8, 4) is 11.5 Å². The number of nitrogens with zero attached hydrogens (tertiary/aromatic N) is 1. The van der Waals surface area contributed by atoms with Crippen LogP contribution >= 0.6 is 0 Å². The SMILES string of the molecule is COc1cc(NC(=O)[C@H]2CCCC[C@H]2C(=O)N2CCc3ccccc32)cc(OC)c1. The fourth-order valence-corrected chi connectivity index (χ4v) is 4.62. The third kappa shape index (κ3) is 3.99. The van der Waals surface area contributed by atoms with Crippen molar-refractivity contribution >= 4 is 23.2 Å². The molecule has 6 nitrogen and oxygen atoms in total. The van der Waals surface area contributed by atoms with Crippen molar-refractivity contribution in [3.05, 3.63) is 48.0 Å². The van der Waals surface area contributed by atoms with Crippen LogP contribution in [0, 0.1) is 11.8 Å². The number of methoxy groups -OCH3 is 2. The smallest absolute Gasteiger partial charge is 0.230 e. The number of rotatable bonds is 5. The summed E-state index contributed by atoms with van der Waals surface area (Å²) in [4.78, 5) is 28.5. The molecule has 1 saturated carbocycles. The van der Waals surface area contributed by atoms with Gasteiger partial charge in [0.2, 0.25) is 11.8 Å². The zero-order valence-corrected chi connectivity index (χ0v) is 17.5. The molecule has 2 aromatic carbocycles. The lowest BCUT2D eigenvalue weighted by Crippen LogP contribution is -2.43. The van der Waals surface area contributed by atoms with E-state index in [-0.39, 0.29) is 23.7 Å². The Morgan fingerprint density at radius 1 is 0.967 bits per heavy atom. The van der Waals surface area contributed by atoms with Gasteiger partial charge in [-0.3, -0.25) is 9.59 Å². The average molecular weight is 408 g/mol. The molecule has 0 aromatic heterocycles. The summed E-state index contributed by atoms with van der Waals surface area (Å²) in [5.41, 5.74) is 2.80. The van der Waals surface area contributed by atoms with Crippen LogP contribution in [0.2, 0.25) is 0 Å². The molecule has 30 heavy (non-hydrogen) atoms. The van der Waals surface area contributed by atoms with Crippen LogP contribution in [0.1, 0.15) is 31.2 Å². The predicted octanol–water partition coefficient (Wildman–Crippen LogP) is 4.04. The lowest BCUT2D eigenvalue weighted by atomic mass is 9.77. The highest BCUT2D eigenvalue weighted by Crippen LogP contribution is 2.36. The van der Waals surface area contributed by atoms with Gasteiger partial charge in [-0.15, -0.1) is 0 Å². The number of nitrogens with one attached hydrogen (secondary N) is 1. The molecule has 2 aromatic rings. The Labute approximate surface area is 177 Å². The van der Waals surface area contributed by atoms with Gasteiger partial charge >= 0.3 is 0 Å². The second-order valence-corrected chi connectivity index (χ2v) is 7.96. The number of carbonyl (C=O) groups excluding carboxylic acids is 2. The molecule has 0 unspecified atom stereocenters. The number of benzene rings is 2. The standard InChI is InChI=1S/C24H28N2O4/c1-29-18-13-17(14-19(15-18)30-2)25-23(27)20-8-4-5-9-21(20)24(28)26-12-11-16-7-3-6-10-22(16)26/h3,6-7,10,13-15,20-21H,4-5,8-9,11-12H2,1-2H3,(H,25,27)/t20-,21+/m0/s1. The molecule has 1 N–H and O–H groups in total. The predicted molar refractivity (Wildman–Crippen MR) is 116 cm³/mol. The molecule has 2 amide bonds. The van der Waals surface area contributed by atoms with Crippen molar-refractivity contribution in [1.29, 1.82) is 0 Å². The minimum atomic E-state index is -0.337.